The summed E-state index contributed by atoms with van der Waals surface area (Å²) in [5.41, 5.74) is 5.05. The molecular weight excluding hydrogens is 528 g/mol. The van der Waals surface area contributed by atoms with Crippen LogP contribution in [0.15, 0.2) is 158 Å². The maximum Gasteiger partial charge on any atom is -0.00206 e. The number of rotatable bonds is 2. The van der Waals surface area contributed by atoms with E-state index < -0.39 is 0 Å². The maximum absolute atomic E-state index is 2.42. The summed E-state index contributed by atoms with van der Waals surface area (Å²) in [6, 6.07) is 58.7. The van der Waals surface area contributed by atoms with Gasteiger partial charge in [0.2, 0.25) is 0 Å². The van der Waals surface area contributed by atoms with E-state index in [4.69, 9.17) is 0 Å². The second kappa shape index (κ2) is 8.89. The molecule has 0 amide bonds. The fourth-order valence-electron chi connectivity index (χ4n) is 7.75. The van der Waals surface area contributed by atoms with E-state index in [-0.39, 0.29) is 0 Å². The lowest BCUT2D eigenvalue weighted by molar-refractivity contribution is 1.65. The minimum absolute atomic E-state index is 1.24. The first-order valence-corrected chi connectivity index (χ1v) is 15.4. The zero-order valence-electron chi connectivity index (χ0n) is 24.0. The first-order chi connectivity index (χ1) is 21.8. The summed E-state index contributed by atoms with van der Waals surface area (Å²) in [7, 11) is 0. The molecule has 44 heavy (non-hydrogen) atoms. The van der Waals surface area contributed by atoms with Crippen LogP contribution >= 0.6 is 0 Å². The summed E-state index contributed by atoms with van der Waals surface area (Å²) in [5.74, 6) is 0. The van der Waals surface area contributed by atoms with E-state index >= 15 is 0 Å². The average molecular weight is 555 g/mol. The molecule has 10 rings (SSSR count). The molecular formula is C44H26. The molecule has 0 aliphatic carbocycles. The molecule has 0 aromatic heterocycles. The van der Waals surface area contributed by atoms with Gasteiger partial charge >= 0.3 is 0 Å². The molecule has 0 spiro atoms. The third-order valence-corrected chi connectivity index (χ3v) is 9.76. The Morgan fingerprint density at radius 3 is 1.39 bits per heavy atom. The van der Waals surface area contributed by atoms with Gasteiger partial charge in [0, 0.05) is 0 Å². The largest absolute Gasteiger partial charge is 0.0616 e. The van der Waals surface area contributed by atoms with Crippen molar-refractivity contribution >= 4 is 75.4 Å². The predicted molar refractivity (Wildman–Crippen MR) is 191 cm³/mol. The molecule has 0 nitrogen and oxygen atoms in total. The molecule has 0 aliphatic heterocycles. The minimum Gasteiger partial charge on any atom is -0.0616 e. The lowest BCUT2D eigenvalue weighted by Crippen LogP contribution is -1.91. The smallest absolute Gasteiger partial charge is 0.00206 e. The normalized spacial score (nSPS) is 12.1. The molecule has 0 heteroatoms. The van der Waals surface area contributed by atoms with Crippen LogP contribution in [0.1, 0.15) is 0 Å². The molecule has 0 fully saturated rings. The SMILES string of the molecule is c1ccc2cc(-c3ccc4ccc5cccc6ccc3c4c56)c(-c3ccc4c5ccccc5c5ccccc5c4c3)cc2c1. The fraction of sp³-hybridized carbons (Fsp3) is 0. The molecule has 0 N–H and O–H groups in total. The number of hydrogen-bond acceptors (Lipinski definition) is 0. The van der Waals surface area contributed by atoms with Crippen LogP contribution < -0.4 is 0 Å². The molecule has 0 bridgehead atoms. The van der Waals surface area contributed by atoms with Crippen LogP contribution in [-0.4, -0.2) is 0 Å². The summed E-state index contributed by atoms with van der Waals surface area (Å²) in [6.07, 6.45) is 0. The topological polar surface area (TPSA) is 0 Å². The highest BCUT2D eigenvalue weighted by atomic mass is 14.2. The van der Waals surface area contributed by atoms with E-state index in [0.29, 0.717) is 0 Å². The third kappa shape index (κ3) is 3.28. The van der Waals surface area contributed by atoms with Gasteiger partial charge in [-0.25, -0.2) is 0 Å². The molecule has 10 aromatic rings. The van der Waals surface area contributed by atoms with Crippen molar-refractivity contribution in [1.29, 1.82) is 0 Å². The molecule has 0 saturated heterocycles. The first-order valence-electron chi connectivity index (χ1n) is 15.4. The predicted octanol–water partition coefficient (Wildman–Crippen LogP) is 12.5. The highest BCUT2D eigenvalue weighted by Crippen LogP contribution is 2.44. The zero-order valence-corrected chi connectivity index (χ0v) is 24.0. The molecule has 202 valence electrons. The van der Waals surface area contributed by atoms with E-state index in [0.717, 1.165) is 0 Å². The van der Waals surface area contributed by atoms with Crippen LogP contribution in [0.2, 0.25) is 0 Å². The van der Waals surface area contributed by atoms with Crippen LogP contribution in [0.5, 0.6) is 0 Å². The number of benzene rings is 10. The Hall–Kier alpha value is -5.72. The molecule has 10 aromatic carbocycles. The summed E-state index contributed by atoms with van der Waals surface area (Å²) < 4.78 is 0. The second-order valence-corrected chi connectivity index (χ2v) is 12.1. The maximum atomic E-state index is 2.42. The third-order valence-electron chi connectivity index (χ3n) is 9.76. The van der Waals surface area contributed by atoms with Crippen molar-refractivity contribution < 1.29 is 0 Å². The lowest BCUT2D eigenvalue weighted by atomic mass is 9.85. The molecule has 0 heterocycles. The number of fused-ring (bicyclic) bond motifs is 7. The Bertz CT molecular complexity index is 2710. The lowest BCUT2D eigenvalue weighted by Gasteiger charge is -2.18. The summed E-state index contributed by atoms with van der Waals surface area (Å²) >= 11 is 0. The van der Waals surface area contributed by atoms with Crippen molar-refractivity contribution in [2.24, 2.45) is 0 Å². The Morgan fingerprint density at radius 1 is 0.227 bits per heavy atom. The fourth-order valence-corrected chi connectivity index (χ4v) is 7.75. The van der Waals surface area contributed by atoms with E-state index in [1.54, 1.807) is 0 Å². The van der Waals surface area contributed by atoms with Crippen LogP contribution in [-0.2, 0) is 0 Å². The monoisotopic (exact) mass is 554 g/mol. The van der Waals surface area contributed by atoms with Gasteiger partial charge in [-0.05, 0) is 116 Å². The molecule has 0 aliphatic rings. The van der Waals surface area contributed by atoms with Crippen LogP contribution in [0.25, 0.3) is 97.7 Å². The quantitative estimate of drug-likeness (QED) is 0.186. The molecule has 0 atom stereocenters. The number of hydrogen-bond donors (Lipinski definition) is 0. The van der Waals surface area contributed by atoms with Crippen molar-refractivity contribution in [3.05, 3.63) is 158 Å². The average Bonchev–Trinajstić information content (AvgIpc) is 3.10. The Kier molecular flexibility index (Phi) is 4.81. The highest BCUT2D eigenvalue weighted by molar-refractivity contribution is 6.27. The minimum atomic E-state index is 1.24. The van der Waals surface area contributed by atoms with E-state index in [1.165, 1.54) is 97.7 Å². The van der Waals surface area contributed by atoms with Gasteiger partial charge in [0.1, 0.15) is 0 Å². The standard InChI is InChI=1S/C44H26/c1-2-9-31-25-42(38-21-18-29-17-16-27-10-7-11-28-19-23-39(38)44(29)43(27)28)40(24-30(31)8-1)32-20-22-37-35-14-4-3-12-33(35)34-13-5-6-15-36(34)41(37)26-32/h1-26H. The van der Waals surface area contributed by atoms with Crippen molar-refractivity contribution in [2.75, 3.05) is 0 Å². The van der Waals surface area contributed by atoms with Gasteiger partial charge in [0.15, 0.2) is 0 Å². The Labute approximate surface area is 254 Å². The van der Waals surface area contributed by atoms with Crippen LogP contribution in [0, 0.1) is 0 Å². The molecule has 0 saturated carbocycles. The van der Waals surface area contributed by atoms with Gasteiger partial charge in [-0.15, -0.1) is 0 Å². The van der Waals surface area contributed by atoms with Crippen LogP contribution in [0.4, 0.5) is 0 Å². The summed E-state index contributed by atoms with van der Waals surface area (Å²) in [5, 5.41) is 18.2. The van der Waals surface area contributed by atoms with Crippen LogP contribution in [0.3, 0.4) is 0 Å². The summed E-state index contributed by atoms with van der Waals surface area (Å²) in [4.78, 5) is 0. The van der Waals surface area contributed by atoms with Crippen molar-refractivity contribution in [2.45, 2.75) is 0 Å². The Balaban J connectivity index is 1.32. The van der Waals surface area contributed by atoms with E-state index in [9.17, 15) is 0 Å². The highest BCUT2D eigenvalue weighted by Gasteiger charge is 2.17. The van der Waals surface area contributed by atoms with E-state index in [2.05, 4.69) is 158 Å². The van der Waals surface area contributed by atoms with Gasteiger partial charge in [0.25, 0.3) is 0 Å². The van der Waals surface area contributed by atoms with Gasteiger partial charge < -0.3 is 0 Å². The van der Waals surface area contributed by atoms with E-state index in [1.807, 2.05) is 0 Å². The Morgan fingerprint density at radius 2 is 0.705 bits per heavy atom. The van der Waals surface area contributed by atoms with Gasteiger partial charge in [-0.1, -0.05) is 140 Å². The van der Waals surface area contributed by atoms with Gasteiger partial charge in [-0.2, -0.15) is 0 Å². The molecule has 0 unspecified atom stereocenters. The second-order valence-electron chi connectivity index (χ2n) is 12.1. The van der Waals surface area contributed by atoms with Gasteiger partial charge in [0.05, 0.1) is 0 Å². The van der Waals surface area contributed by atoms with Crippen molar-refractivity contribution in [3.63, 3.8) is 0 Å². The zero-order chi connectivity index (χ0) is 28.8. The van der Waals surface area contributed by atoms with Gasteiger partial charge in [-0.3, -0.25) is 0 Å². The summed E-state index contributed by atoms with van der Waals surface area (Å²) in [6.45, 7) is 0. The molecule has 0 radical (unpaired) electrons. The van der Waals surface area contributed by atoms with Crippen molar-refractivity contribution in [3.8, 4) is 22.3 Å². The van der Waals surface area contributed by atoms with Crippen molar-refractivity contribution in [1.82, 2.24) is 0 Å². The first kappa shape index (κ1) is 23.8.